The maximum Gasteiger partial charge on any atom is 0.203 e. The molecular formula is C23H30IN3O4S. The normalized spacial score (nSPS) is 12.1. The van der Waals surface area contributed by atoms with E-state index in [1.165, 1.54) is 0 Å². The average Bonchev–Trinajstić information content (AvgIpc) is 3.24. The van der Waals surface area contributed by atoms with Crippen LogP contribution in [-0.2, 0) is 6.54 Å². The number of nitrogens with one attached hydrogen (secondary N) is 2. The number of halogens is 1. The number of hydrogen-bond donors (Lipinski definition) is 3. The number of aliphatic hydroxyl groups excluding tert-OH is 1. The van der Waals surface area contributed by atoms with E-state index < -0.39 is 6.10 Å². The minimum absolute atomic E-state index is 0. The summed E-state index contributed by atoms with van der Waals surface area (Å²) in [6.45, 7) is 3.42. The lowest BCUT2D eigenvalue weighted by molar-refractivity contribution is 0.184. The first kappa shape index (κ1) is 26.0. The summed E-state index contributed by atoms with van der Waals surface area (Å²) in [7, 11) is 4.76. The molecule has 2 aromatic carbocycles. The topological polar surface area (TPSA) is 84.3 Å². The molecule has 3 N–H and O–H groups in total. The van der Waals surface area contributed by atoms with Gasteiger partial charge in [-0.1, -0.05) is 18.2 Å². The third-order valence-corrected chi connectivity index (χ3v) is 5.99. The highest BCUT2D eigenvalue weighted by Gasteiger charge is 2.16. The third kappa shape index (κ3) is 6.17. The molecule has 0 amide bonds. The molecule has 0 aliphatic carbocycles. The number of methoxy groups -OCH3 is 3. The van der Waals surface area contributed by atoms with E-state index in [4.69, 9.17) is 14.2 Å². The first-order valence-electron chi connectivity index (χ1n) is 10.1. The fraction of sp³-hybridized carbons (Fsp3) is 0.348. The van der Waals surface area contributed by atoms with Crippen LogP contribution in [0.1, 0.15) is 23.5 Å². The molecule has 3 rings (SSSR count). The molecule has 0 saturated heterocycles. The molecule has 0 bridgehead atoms. The first-order valence-corrected chi connectivity index (χ1v) is 10.9. The van der Waals surface area contributed by atoms with E-state index in [1.807, 2.05) is 37.3 Å². The molecule has 9 heteroatoms. The van der Waals surface area contributed by atoms with Crippen molar-refractivity contribution in [1.82, 2.24) is 10.6 Å². The molecule has 1 aromatic heterocycles. The molecule has 0 aliphatic rings. The van der Waals surface area contributed by atoms with Gasteiger partial charge in [0.05, 0.1) is 27.9 Å². The smallest absolute Gasteiger partial charge is 0.203 e. The number of aliphatic imine (C=N–C) groups is 1. The monoisotopic (exact) mass is 571 g/mol. The Morgan fingerprint density at radius 3 is 2.44 bits per heavy atom. The summed E-state index contributed by atoms with van der Waals surface area (Å²) in [5.74, 6) is 2.34. The van der Waals surface area contributed by atoms with E-state index in [0.29, 0.717) is 42.8 Å². The van der Waals surface area contributed by atoms with Crippen molar-refractivity contribution in [2.24, 2.45) is 4.99 Å². The van der Waals surface area contributed by atoms with Crippen molar-refractivity contribution in [3.63, 3.8) is 0 Å². The average molecular weight is 571 g/mol. The van der Waals surface area contributed by atoms with Gasteiger partial charge < -0.3 is 30.0 Å². The second-order valence-corrected chi connectivity index (χ2v) is 7.89. The van der Waals surface area contributed by atoms with Gasteiger partial charge in [-0.15, -0.1) is 35.3 Å². The number of benzene rings is 2. The van der Waals surface area contributed by atoms with Gasteiger partial charge in [0.2, 0.25) is 5.75 Å². The van der Waals surface area contributed by atoms with E-state index in [1.54, 1.807) is 32.7 Å². The summed E-state index contributed by atoms with van der Waals surface area (Å²) in [5, 5.41) is 18.2. The fourth-order valence-corrected chi connectivity index (χ4v) is 4.30. The van der Waals surface area contributed by atoms with Crippen molar-refractivity contribution in [2.45, 2.75) is 19.6 Å². The van der Waals surface area contributed by atoms with Crippen molar-refractivity contribution in [1.29, 1.82) is 0 Å². The number of nitrogens with zero attached hydrogens (tertiary/aromatic N) is 1. The zero-order valence-electron chi connectivity index (χ0n) is 18.7. The van der Waals surface area contributed by atoms with Crippen LogP contribution in [-0.4, -0.2) is 45.5 Å². The number of fused-ring (bicyclic) bond motifs is 1. The fourth-order valence-electron chi connectivity index (χ4n) is 3.25. The SMILES string of the molecule is CCNC(=NCc1ccc(OC)c(OC)c1OC)NCC(O)c1cc2ccccc2s1.I. The van der Waals surface area contributed by atoms with Crippen LogP contribution in [0, 0.1) is 0 Å². The van der Waals surface area contributed by atoms with Crippen LogP contribution in [0.15, 0.2) is 47.5 Å². The maximum absolute atomic E-state index is 10.6. The van der Waals surface area contributed by atoms with Gasteiger partial charge in [-0.25, -0.2) is 4.99 Å². The molecule has 7 nitrogen and oxygen atoms in total. The van der Waals surface area contributed by atoms with Crippen LogP contribution >= 0.6 is 35.3 Å². The van der Waals surface area contributed by atoms with Gasteiger partial charge in [-0.3, -0.25) is 0 Å². The van der Waals surface area contributed by atoms with Gasteiger partial charge in [0.15, 0.2) is 17.5 Å². The number of aliphatic hydroxyl groups is 1. The van der Waals surface area contributed by atoms with Crippen molar-refractivity contribution < 1.29 is 19.3 Å². The van der Waals surface area contributed by atoms with E-state index in [9.17, 15) is 5.11 Å². The van der Waals surface area contributed by atoms with Crippen LogP contribution in [0.4, 0.5) is 0 Å². The summed E-state index contributed by atoms with van der Waals surface area (Å²) in [5.41, 5.74) is 0.863. The highest BCUT2D eigenvalue weighted by atomic mass is 127. The lowest BCUT2D eigenvalue weighted by atomic mass is 10.1. The van der Waals surface area contributed by atoms with Crippen molar-refractivity contribution in [3.05, 3.63) is 52.9 Å². The molecule has 1 atom stereocenters. The van der Waals surface area contributed by atoms with Crippen LogP contribution in [0.2, 0.25) is 0 Å². The van der Waals surface area contributed by atoms with Crippen molar-refractivity contribution in [3.8, 4) is 17.2 Å². The Morgan fingerprint density at radius 2 is 1.78 bits per heavy atom. The molecule has 0 spiro atoms. The Balaban J connectivity index is 0.00000363. The molecule has 0 aliphatic heterocycles. The van der Waals surface area contributed by atoms with Gasteiger partial charge in [-0.05, 0) is 36.6 Å². The predicted molar refractivity (Wildman–Crippen MR) is 141 cm³/mol. The molecule has 0 fully saturated rings. The van der Waals surface area contributed by atoms with E-state index in [2.05, 4.69) is 27.8 Å². The summed E-state index contributed by atoms with van der Waals surface area (Å²) < 4.78 is 17.5. The van der Waals surface area contributed by atoms with Gasteiger partial charge in [0.25, 0.3) is 0 Å². The second kappa shape index (κ2) is 12.7. The molecule has 0 saturated carbocycles. The molecule has 1 unspecified atom stereocenters. The van der Waals surface area contributed by atoms with Crippen LogP contribution < -0.4 is 24.8 Å². The van der Waals surface area contributed by atoms with Crippen LogP contribution in [0.3, 0.4) is 0 Å². The largest absolute Gasteiger partial charge is 0.493 e. The summed E-state index contributed by atoms with van der Waals surface area (Å²) in [6.07, 6.45) is -0.628. The third-order valence-electron chi connectivity index (χ3n) is 4.77. The zero-order chi connectivity index (χ0) is 22.2. The van der Waals surface area contributed by atoms with Gasteiger partial charge in [-0.2, -0.15) is 0 Å². The van der Waals surface area contributed by atoms with Gasteiger partial charge in [0, 0.05) is 28.2 Å². The van der Waals surface area contributed by atoms with E-state index in [-0.39, 0.29) is 24.0 Å². The quantitative estimate of drug-likeness (QED) is 0.202. The number of rotatable bonds is 9. The van der Waals surface area contributed by atoms with Crippen LogP contribution in [0.25, 0.3) is 10.1 Å². The standard InChI is InChI=1S/C23H29N3O4S.HI/c1-5-24-23(25-13-16-10-11-18(28-2)22(30-4)21(16)29-3)26-14-17(27)20-12-15-8-6-7-9-19(15)31-20;/h6-12,17,27H,5,13-14H2,1-4H3,(H2,24,25,26);1H. The van der Waals surface area contributed by atoms with E-state index >= 15 is 0 Å². The Labute approximate surface area is 209 Å². The van der Waals surface area contributed by atoms with Gasteiger partial charge in [0.1, 0.15) is 6.10 Å². The Bertz CT molecular complexity index is 1010. The lowest BCUT2D eigenvalue weighted by Crippen LogP contribution is -2.39. The highest BCUT2D eigenvalue weighted by Crippen LogP contribution is 2.40. The first-order chi connectivity index (χ1) is 15.1. The molecule has 0 radical (unpaired) electrons. The Kier molecular flexibility index (Phi) is 10.3. The molecule has 32 heavy (non-hydrogen) atoms. The predicted octanol–water partition coefficient (Wildman–Crippen LogP) is 4.33. The maximum atomic E-state index is 10.6. The lowest BCUT2D eigenvalue weighted by Gasteiger charge is -2.16. The Morgan fingerprint density at radius 1 is 1.03 bits per heavy atom. The molecular weight excluding hydrogens is 541 g/mol. The number of hydrogen-bond acceptors (Lipinski definition) is 6. The minimum Gasteiger partial charge on any atom is -0.493 e. The minimum atomic E-state index is -0.628. The zero-order valence-corrected chi connectivity index (χ0v) is 21.8. The summed E-state index contributed by atoms with van der Waals surface area (Å²) >= 11 is 1.60. The second-order valence-electron chi connectivity index (χ2n) is 6.77. The Hall–Kier alpha value is -2.24. The number of guanidine groups is 1. The van der Waals surface area contributed by atoms with Crippen molar-refractivity contribution >= 4 is 51.4 Å². The number of ether oxygens (including phenoxy) is 3. The number of thiophene rings is 1. The highest BCUT2D eigenvalue weighted by molar-refractivity contribution is 14.0. The molecule has 174 valence electrons. The molecule has 1 heterocycles. The summed E-state index contributed by atoms with van der Waals surface area (Å²) in [6, 6.07) is 13.9. The summed E-state index contributed by atoms with van der Waals surface area (Å²) in [4.78, 5) is 5.56. The molecule has 3 aromatic rings. The van der Waals surface area contributed by atoms with Crippen LogP contribution in [0.5, 0.6) is 17.2 Å². The van der Waals surface area contributed by atoms with E-state index in [0.717, 1.165) is 20.5 Å². The van der Waals surface area contributed by atoms with Gasteiger partial charge >= 0.3 is 0 Å². The van der Waals surface area contributed by atoms with Crippen molar-refractivity contribution in [2.75, 3.05) is 34.4 Å².